The monoisotopic (exact) mass is 1240 g/mol. The maximum absolute atomic E-state index is 13.1. The first kappa shape index (κ1) is 73.7. The van der Waals surface area contributed by atoms with Gasteiger partial charge in [0.1, 0.15) is 89.9 Å². The predicted molar refractivity (Wildman–Crippen MR) is 257 cm³/mol. The van der Waals surface area contributed by atoms with Crippen LogP contribution in [0.5, 0.6) is 23.0 Å². The maximum atomic E-state index is 13.1. The zero-order valence-corrected chi connectivity index (χ0v) is 56.3. The molecule has 0 spiro atoms. The molecule has 32 heteroatoms. The summed E-state index contributed by atoms with van der Waals surface area (Å²) in [6.07, 6.45) is -2.20. The Balaban J connectivity index is 0.00000420. The molecule has 3 aliphatic rings. The first-order valence-corrected chi connectivity index (χ1v) is 29.5. The normalized spacial score (nSPS) is 17.6. The van der Waals surface area contributed by atoms with Crippen LogP contribution in [0.2, 0.25) is 0 Å². The van der Waals surface area contributed by atoms with E-state index in [-0.39, 0.29) is 318 Å². The van der Waals surface area contributed by atoms with Crippen molar-refractivity contribution < 1.29 is 227 Å². The minimum Gasteiger partial charge on any atom is -0.744 e. The Labute approximate surface area is 554 Å². The van der Waals surface area contributed by atoms with Crippen LogP contribution in [-0.4, -0.2) is 184 Å². The molecule has 4 aromatic rings. The molecule has 12 bridgehead atoms. The summed E-state index contributed by atoms with van der Waals surface area (Å²) < 4.78 is 228. The van der Waals surface area contributed by atoms with Gasteiger partial charge in [0.15, 0.2) is 0 Å². The number of rotatable bonds is 4. The fourth-order valence-electron chi connectivity index (χ4n) is 8.41. The summed E-state index contributed by atoms with van der Waals surface area (Å²) in [5, 5.41) is 0. The van der Waals surface area contributed by atoms with Gasteiger partial charge in [0, 0.05) is 70.2 Å². The van der Waals surface area contributed by atoms with Gasteiger partial charge >= 0.3 is 118 Å². The van der Waals surface area contributed by atoms with Gasteiger partial charge in [-0.3, -0.25) is 0 Å². The molecule has 4 aromatic carbocycles. The van der Waals surface area contributed by atoms with E-state index in [1.165, 1.54) is 0 Å². The fraction of sp³-hybridized carbons (Fsp3) is 0.500. The summed E-state index contributed by atoms with van der Waals surface area (Å²) in [5.41, 5.74) is -0.780. The van der Waals surface area contributed by atoms with E-state index in [1.807, 2.05) is 0 Å². The zero-order valence-electron chi connectivity index (χ0n) is 45.0. The van der Waals surface area contributed by atoms with Gasteiger partial charge in [-0.2, -0.15) is 0 Å². The average molecular weight is 1240 g/mol. The number of benzene rings is 4. The van der Waals surface area contributed by atoms with Gasteiger partial charge in [0.2, 0.25) is 0 Å². The van der Waals surface area contributed by atoms with E-state index in [9.17, 15) is 51.9 Å². The number of hydrogen-bond acceptors (Lipinski definition) is 24. The predicted octanol–water partition coefficient (Wildman–Crippen LogP) is -10.3. The first-order valence-electron chi connectivity index (χ1n) is 23.9. The zero-order chi connectivity index (χ0) is 54.4. The van der Waals surface area contributed by atoms with Gasteiger partial charge in [-0.1, -0.05) is 0 Å². The smallest absolute Gasteiger partial charge is 0.744 e. The van der Waals surface area contributed by atoms with E-state index in [0.29, 0.717) is 0 Å². The summed E-state index contributed by atoms with van der Waals surface area (Å²) in [6.45, 7) is 0.520. The van der Waals surface area contributed by atoms with Crippen LogP contribution >= 0.6 is 0 Å². The van der Waals surface area contributed by atoms with Crippen molar-refractivity contribution in [3.8, 4) is 23.0 Å². The molecule has 0 amide bonds. The van der Waals surface area contributed by atoms with Crippen LogP contribution in [0, 0.1) is 0 Å². The van der Waals surface area contributed by atoms with Gasteiger partial charge < -0.3 is 75.1 Å². The van der Waals surface area contributed by atoms with Crippen LogP contribution in [0.15, 0.2) is 68.1 Å². The molecule has 1 aliphatic carbocycles. The Morgan fingerprint density at radius 1 is 0.237 bits per heavy atom. The van der Waals surface area contributed by atoms with E-state index in [1.54, 1.807) is 0 Å². The van der Waals surface area contributed by atoms with Crippen LogP contribution in [0.1, 0.15) is 44.5 Å². The van der Waals surface area contributed by atoms with Crippen molar-refractivity contribution >= 4 is 40.5 Å². The van der Waals surface area contributed by atoms with Crippen LogP contribution in [0.4, 0.5) is 0 Å². The van der Waals surface area contributed by atoms with E-state index in [2.05, 4.69) is 0 Å². The molecular weight excluding hydrogens is 1180 g/mol. The van der Waals surface area contributed by atoms with Crippen LogP contribution in [0.3, 0.4) is 0 Å². The minimum atomic E-state index is -5.36. The Kier molecular flexibility index (Phi) is 32.5. The maximum Gasteiger partial charge on any atom is 1.00 e. The van der Waals surface area contributed by atoms with Crippen molar-refractivity contribution in [2.45, 2.75) is 45.3 Å². The van der Waals surface area contributed by atoms with E-state index >= 15 is 0 Å². The molecule has 0 unspecified atom stereocenters. The summed E-state index contributed by atoms with van der Waals surface area (Å²) in [7, 11) is -21.4. The summed E-state index contributed by atoms with van der Waals surface area (Å²) in [6, 6.07) is 7.86. The molecule has 0 fully saturated rings. The van der Waals surface area contributed by atoms with Crippen molar-refractivity contribution in [1.29, 1.82) is 0 Å². The topological polar surface area (TPSA) is 340 Å². The van der Waals surface area contributed by atoms with Crippen LogP contribution < -0.4 is 137 Å². The van der Waals surface area contributed by atoms with Crippen molar-refractivity contribution in [1.82, 2.24) is 0 Å². The van der Waals surface area contributed by atoms with Gasteiger partial charge in [-0.25, -0.2) is 33.7 Å². The quantitative estimate of drug-likeness (QED) is 0.119. The molecular formula is C48H56Na4O24S4. The average Bonchev–Trinajstić information content (AvgIpc) is 3.33. The summed E-state index contributed by atoms with van der Waals surface area (Å²) in [4.78, 5) is -3.25. The fourth-order valence-corrected chi connectivity index (χ4v) is 10.7. The second-order valence-corrected chi connectivity index (χ2v) is 22.6. The molecule has 0 saturated heterocycles. The van der Waals surface area contributed by atoms with Crippen molar-refractivity contribution in [3.05, 3.63) is 93.0 Å². The Bertz CT molecular complexity index is 2610. The minimum absolute atomic E-state index is 0. The standard InChI is InChI=1S/C48H60O24S4.4Na/c49-73(50,51)41-25-33-21-37-29-43(75(55,56)57)31-39-23-35-27-42(74(52,53)54)28-36-24-40-32-44(76(58,59)60)30-38(48(40)72-20-16-68-12-8-64-4-3-63-7-11-67-15-19-71-47(37)39)22-34(26-41)45(33)69-17-13-65-9-5-61-1-2-62-6-10-66-14-18-70-46(35)36;;;;/h25-32H,1-24H2,(H,49,50,51)(H,52,53,54)(H,55,56,57)(H,58,59,60);;;;/q;4*+1/p-4. The third-order valence-corrected chi connectivity index (χ3v) is 14.9. The van der Waals surface area contributed by atoms with Crippen LogP contribution in [-0.2, 0) is 104 Å². The number of hydrogen-bond donors (Lipinski definition) is 0. The Morgan fingerprint density at radius 3 is 0.487 bits per heavy atom. The Hall–Kier alpha value is -0.600. The third-order valence-electron chi connectivity index (χ3n) is 11.7. The van der Waals surface area contributed by atoms with Gasteiger partial charge in [0.05, 0.1) is 125 Å². The van der Waals surface area contributed by atoms with Crippen LogP contribution in [0.25, 0.3) is 0 Å². The van der Waals surface area contributed by atoms with E-state index in [4.69, 9.17) is 56.8 Å². The summed E-state index contributed by atoms with van der Waals surface area (Å²) >= 11 is 0. The Morgan fingerprint density at radius 2 is 0.362 bits per heavy atom. The van der Waals surface area contributed by atoms with Gasteiger partial charge in [-0.15, -0.1) is 0 Å². The molecule has 0 radical (unpaired) electrons. The third kappa shape index (κ3) is 22.6. The van der Waals surface area contributed by atoms with Crippen molar-refractivity contribution in [3.63, 3.8) is 0 Å². The second-order valence-electron chi connectivity index (χ2n) is 17.1. The molecule has 2 heterocycles. The molecule has 0 saturated carbocycles. The molecule has 420 valence electrons. The molecule has 2 aliphatic heterocycles. The molecule has 0 aromatic heterocycles. The van der Waals surface area contributed by atoms with Crippen molar-refractivity contribution in [2.75, 3.05) is 132 Å². The molecule has 0 N–H and O–H groups in total. The van der Waals surface area contributed by atoms with Gasteiger partial charge in [0.25, 0.3) is 0 Å². The summed E-state index contributed by atoms with van der Waals surface area (Å²) in [5.74, 6) is -0.450. The first-order chi connectivity index (χ1) is 36.3. The largest absolute Gasteiger partial charge is 1.00 e. The second kappa shape index (κ2) is 35.3. The molecule has 80 heavy (non-hydrogen) atoms. The molecule has 7 rings (SSSR count). The van der Waals surface area contributed by atoms with Gasteiger partial charge in [-0.05, 0) is 48.5 Å². The van der Waals surface area contributed by atoms with E-state index < -0.39 is 85.7 Å². The number of ether oxygens (including phenoxy) is 12. The van der Waals surface area contributed by atoms with Crippen molar-refractivity contribution in [2.24, 2.45) is 0 Å². The molecule has 0 atom stereocenters. The molecule has 24 nitrogen and oxygen atoms in total. The SMILES string of the molecule is O=S(=O)([O-])c1cc2c3c(c1)Cc1cc(S(=O)(=O)[O-])cc4c1OCCOCCOCCOCCOCCOc1c(cc(S(=O)(=O)[O-])cc1Cc1cc(S(=O)(=O)[O-])cc(c1OCCOCCOCCOCCOCCO3)C4)C2.[Na+].[Na+].[Na+].[Na+]. The van der Waals surface area contributed by atoms with E-state index in [0.717, 1.165) is 48.5 Å².